The van der Waals surface area contributed by atoms with Crippen molar-refractivity contribution in [2.24, 2.45) is 17.2 Å². The maximum atomic E-state index is 13.2. The Kier molecular flexibility index (Phi) is 8.44. The second-order valence-corrected chi connectivity index (χ2v) is 8.33. The van der Waals surface area contributed by atoms with E-state index in [1.165, 1.54) is 4.90 Å². The molecule has 10 nitrogen and oxygen atoms in total. The molecule has 3 rings (SSSR count). The highest BCUT2D eigenvalue weighted by atomic mass is 16.3. The summed E-state index contributed by atoms with van der Waals surface area (Å²) in [5, 5.41) is 13.1. The van der Waals surface area contributed by atoms with Gasteiger partial charge >= 0.3 is 0 Å². The first kappa shape index (κ1) is 25.3. The number of aromatic hydroxyl groups is 1. The minimum atomic E-state index is -0.540. The maximum absolute atomic E-state index is 13.2. The highest BCUT2D eigenvalue weighted by Crippen LogP contribution is 2.26. The maximum Gasteiger partial charge on any atom is 0.244 e. The van der Waals surface area contributed by atoms with Gasteiger partial charge in [-0.3, -0.25) is 9.59 Å². The number of para-hydroxylation sites is 2. The Hall–Kier alpha value is -4.34. The molecule has 1 atom stereocenters. The van der Waals surface area contributed by atoms with Crippen molar-refractivity contribution in [3.63, 3.8) is 0 Å². The van der Waals surface area contributed by atoms with Crippen LogP contribution in [-0.2, 0) is 9.59 Å². The van der Waals surface area contributed by atoms with E-state index in [0.717, 1.165) is 5.69 Å². The molecule has 0 aromatic heterocycles. The lowest BCUT2D eigenvalue weighted by Crippen LogP contribution is -2.59. The first-order valence-electron chi connectivity index (χ1n) is 11.3. The van der Waals surface area contributed by atoms with Gasteiger partial charge in [-0.05, 0) is 30.3 Å². The Balaban J connectivity index is 1.86. The van der Waals surface area contributed by atoms with Crippen molar-refractivity contribution in [3.8, 4) is 5.75 Å². The van der Waals surface area contributed by atoms with Gasteiger partial charge in [-0.2, -0.15) is 0 Å². The smallest absolute Gasteiger partial charge is 0.244 e. The lowest BCUT2D eigenvalue weighted by Gasteiger charge is -2.43. The quantitative estimate of drug-likeness (QED) is 0.252. The Morgan fingerprint density at radius 3 is 2.46 bits per heavy atom. The molecule has 1 aliphatic rings. The molecule has 2 aromatic rings. The van der Waals surface area contributed by atoms with Gasteiger partial charge in [0.2, 0.25) is 12.3 Å². The number of allylic oxidation sites excluding steroid dienone is 1. The summed E-state index contributed by atoms with van der Waals surface area (Å²) in [5.41, 5.74) is 20.5. The van der Waals surface area contributed by atoms with Crippen molar-refractivity contribution >= 4 is 23.7 Å². The third-order valence-corrected chi connectivity index (χ3v) is 5.86. The highest BCUT2D eigenvalue weighted by molar-refractivity contribution is 5.86. The summed E-state index contributed by atoms with van der Waals surface area (Å²) in [6.45, 7) is 2.12. The molecule has 8 N–H and O–H groups in total. The van der Waals surface area contributed by atoms with Crippen LogP contribution in [0.2, 0.25) is 0 Å². The fourth-order valence-corrected chi connectivity index (χ4v) is 3.98. The van der Waals surface area contributed by atoms with Gasteiger partial charge in [0.1, 0.15) is 17.6 Å². The van der Waals surface area contributed by atoms with Crippen LogP contribution in [0.15, 0.2) is 72.2 Å². The summed E-state index contributed by atoms with van der Waals surface area (Å²) in [6.07, 6.45) is 2.34. The van der Waals surface area contributed by atoms with Crippen molar-refractivity contribution in [1.82, 2.24) is 15.1 Å². The zero-order valence-corrected chi connectivity index (χ0v) is 19.8. The predicted molar refractivity (Wildman–Crippen MR) is 137 cm³/mol. The van der Waals surface area contributed by atoms with Crippen LogP contribution in [0.25, 0.3) is 5.70 Å². The first-order valence-corrected chi connectivity index (χ1v) is 11.3. The SMILES string of the molecule is CN(C=O)CCNC(=O)C1CN(C(/C=C(\N)c2ccccc2O)=C(N)N)CCN1c1ccccc1. The minimum absolute atomic E-state index is 0.0441. The minimum Gasteiger partial charge on any atom is -0.507 e. The number of hydrogen-bond donors (Lipinski definition) is 5. The number of amides is 2. The van der Waals surface area contributed by atoms with Crippen molar-refractivity contribution in [1.29, 1.82) is 0 Å². The molecule has 1 aliphatic heterocycles. The zero-order chi connectivity index (χ0) is 25.4. The van der Waals surface area contributed by atoms with Crippen molar-refractivity contribution < 1.29 is 14.7 Å². The number of likely N-dealkylation sites (N-methyl/N-ethyl adjacent to an activating group) is 1. The second kappa shape index (κ2) is 11.7. The van der Waals surface area contributed by atoms with E-state index in [9.17, 15) is 14.7 Å². The number of carbonyl (C=O) groups is 2. The van der Waals surface area contributed by atoms with Gasteiger partial charge in [-0.15, -0.1) is 0 Å². The monoisotopic (exact) mass is 479 g/mol. The van der Waals surface area contributed by atoms with E-state index >= 15 is 0 Å². The van der Waals surface area contributed by atoms with Crippen LogP contribution in [0.5, 0.6) is 5.75 Å². The van der Waals surface area contributed by atoms with Crippen LogP contribution in [0.3, 0.4) is 0 Å². The molecule has 2 amide bonds. The number of nitrogens with zero attached hydrogens (tertiary/aromatic N) is 3. The van der Waals surface area contributed by atoms with Gasteiger partial charge in [0, 0.05) is 56.7 Å². The molecule has 0 saturated carbocycles. The van der Waals surface area contributed by atoms with Crippen molar-refractivity contribution in [3.05, 3.63) is 77.8 Å². The van der Waals surface area contributed by atoms with Gasteiger partial charge in [-0.1, -0.05) is 30.3 Å². The average Bonchev–Trinajstić information content (AvgIpc) is 2.87. The van der Waals surface area contributed by atoms with E-state index in [4.69, 9.17) is 17.2 Å². The molecule has 35 heavy (non-hydrogen) atoms. The molecule has 1 saturated heterocycles. The van der Waals surface area contributed by atoms with Crippen LogP contribution in [0.4, 0.5) is 5.69 Å². The van der Waals surface area contributed by atoms with Gasteiger partial charge < -0.3 is 42.3 Å². The van der Waals surface area contributed by atoms with Crippen LogP contribution in [0, 0.1) is 0 Å². The molecule has 0 bridgehead atoms. The van der Waals surface area contributed by atoms with E-state index in [0.29, 0.717) is 56.1 Å². The summed E-state index contributed by atoms with van der Waals surface area (Å²) in [6, 6.07) is 15.9. The second-order valence-electron chi connectivity index (χ2n) is 8.33. The molecule has 2 aromatic carbocycles. The Labute approximate surface area is 205 Å². The Morgan fingerprint density at radius 2 is 1.80 bits per heavy atom. The molecular formula is C25H33N7O3. The number of carbonyl (C=O) groups excluding carboxylic acids is 2. The molecule has 0 radical (unpaired) electrons. The summed E-state index contributed by atoms with van der Waals surface area (Å²) in [4.78, 5) is 29.5. The molecular weight excluding hydrogens is 446 g/mol. The van der Waals surface area contributed by atoms with Crippen LogP contribution >= 0.6 is 0 Å². The van der Waals surface area contributed by atoms with E-state index < -0.39 is 6.04 Å². The van der Waals surface area contributed by atoms with Gasteiger partial charge in [0.15, 0.2) is 0 Å². The first-order chi connectivity index (χ1) is 16.8. The van der Waals surface area contributed by atoms with E-state index in [-0.39, 0.29) is 17.5 Å². The summed E-state index contributed by atoms with van der Waals surface area (Å²) >= 11 is 0. The van der Waals surface area contributed by atoms with Crippen LogP contribution in [-0.4, -0.2) is 73.0 Å². The fourth-order valence-electron chi connectivity index (χ4n) is 3.98. The molecule has 186 valence electrons. The number of piperazine rings is 1. The summed E-state index contributed by atoms with van der Waals surface area (Å²) in [7, 11) is 1.65. The number of anilines is 1. The lowest BCUT2D eigenvalue weighted by atomic mass is 10.1. The molecule has 1 fully saturated rings. The van der Waals surface area contributed by atoms with E-state index in [1.54, 1.807) is 37.4 Å². The molecule has 0 spiro atoms. The molecule has 1 heterocycles. The average molecular weight is 480 g/mol. The van der Waals surface area contributed by atoms with Gasteiger partial charge in [0.25, 0.3) is 0 Å². The molecule has 0 aliphatic carbocycles. The number of nitrogens with one attached hydrogen (secondary N) is 1. The molecule has 1 unspecified atom stereocenters. The van der Waals surface area contributed by atoms with E-state index in [2.05, 4.69) is 5.32 Å². The van der Waals surface area contributed by atoms with Crippen LogP contribution in [0.1, 0.15) is 5.56 Å². The number of phenolic OH excluding ortho intramolecular Hbond substituents is 1. The lowest BCUT2D eigenvalue weighted by molar-refractivity contribution is -0.123. The highest BCUT2D eigenvalue weighted by Gasteiger charge is 2.33. The number of rotatable bonds is 9. The standard InChI is InChI=1S/C25H33N7O3/c1-30(17-33)12-11-29-25(35)22-16-31(13-14-32(22)18-7-3-2-4-8-18)21(24(27)28)15-20(26)19-9-5-6-10-23(19)34/h2-10,15,17,22,34H,11-14,16,26-28H2,1H3,(H,29,35)/b20-15-. The van der Waals surface area contributed by atoms with Gasteiger partial charge in [0.05, 0.1) is 5.70 Å². The Bertz CT molecular complexity index is 1080. The zero-order valence-electron chi connectivity index (χ0n) is 19.8. The fraction of sp³-hybridized carbons (Fsp3) is 0.280. The third kappa shape index (κ3) is 6.38. The van der Waals surface area contributed by atoms with Crippen molar-refractivity contribution in [2.75, 3.05) is 44.7 Å². The Morgan fingerprint density at radius 1 is 1.11 bits per heavy atom. The number of benzene rings is 2. The normalized spacial score (nSPS) is 15.9. The number of phenols is 1. The van der Waals surface area contributed by atoms with E-state index in [1.807, 2.05) is 40.1 Å². The summed E-state index contributed by atoms with van der Waals surface area (Å²) in [5.74, 6) is -0.0728. The van der Waals surface area contributed by atoms with Gasteiger partial charge in [-0.25, -0.2) is 0 Å². The van der Waals surface area contributed by atoms with Crippen molar-refractivity contribution in [2.45, 2.75) is 6.04 Å². The summed E-state index contributed by atoms with van der Waals surface area (Å²) < 4.78 is 0. The van der Waals surface area contributed by atoms with Crippen LogP contribution < -0.4 is 27.4 Å². The number of nitrogens with two attached hydrogens (primary N) is 3. The molecule has 10 heteroatoms. The topological polar surface area (TPSA) is 154 Å². The largest absolute Gasteiger partial charge is 0.507 e. The number of hydrogen-bond acceptors (Lipinski definition) is 8. The third-order valence-electron chi connectivity index (χ3n) is 5.86. The predicted octanol–water partition coefficient (Wildman–Crippen LogP) is 0.174.